The summed E-state index contributed by atoms with van der Waals surface area (Å²) >= 11 is 0. The highest BCUT2D eigenvalue weighted by atomic mass is 19.4. The van der Waals surface area contributed by atoms with Crippen LogP contribution in [0.15, 0.2) is 48.5 Å². The summed E-state index contributed by atoms with van der Waals surface area (Å²) in [5, 5.41) is 2.70. The van der Waals surface area contributed by atoms with Gasteiger partial charge in [-0.05, 0) is 50.2 Å². The van der Waals surface area contributed by atoms with E-state index in [-0.39, 0.29) is 5.91 Å². The van der Waals surface area contributed by atoms with Crippen LogP contribution in [0, 0.1) is 0 Å². The second kappa shape index (κ2) is 9.38. The van der Waals surface area contributed by atoms with E-state index in [0.29, 0.717) is 25.4 Å². The number of piperazine rings is 1. The fraction of sp³-hybridized carbons (Fsp3) is 0.409. The maximum absolute atomic E-state index is 12.7. The lowest BCUT2D eigenvalue weighted by atomic mass is 10.1. The highest BCUT2D eigenvalue weighted by molar-refractivity contribution is 5.94. The van der Waals surface area contributed by atoms with Crippen LogP contribution in [-0.4, -0.2) is 49.6 Å². The number of carbonyl (C=O) groups is 1. The quantitative estimate of drug-likeness (QED) is 0.757. The molecule has 1 amide bonds. The molecular formula is C22H26F3N3O2. The molecule has 0 unspecified atom stereocenters. The molecule has 0 aromatic heterocycles. The Balaban J connectivity index is 1.56. The Kier molecular flexibility index (Phi) is 6.87. The molecule has 0 spiro atoms. The lowest BCUT2D eigenvalue weighted by Crippen LogP contribution is -2.52. The van der Waals surface area contributed by atoms with Gasteiger partial charge in [-0.2, -0.15) is 13.2 Å². The van der Waals surface area contributed by atoms with Crippen molar-refractivity contribution in [1.82, 2.24) is 4.90 Å². The molecule has 5 nitrogen and oxygen atoms in total. The highest BCUT2D eigenvalue weighted by Crippen LogP contribution is 2.30. The second-order valence-electron chi connectivity index (χ2n) is 7.16. The number of rotatable bonds is 6. The molecule has 0 radical (unpaired) electrons. The van der Waals surface area contributed by atoms with Crippen LogP contribution in [0.25, 0.3) is 0 Å². The Morgan fingerprint density at radius 2 is 1.70 bits per heavy atom. The van der Waals surface area contributed by atoms with E-state index in [1.54, 1.807) is 0 Å². The summed E-state index contributed by atoms with van der Waals surface area (Å²) in [6.07, 6.45) is -4.39. The van der Waals surface area contributed by atoms with Gasteiger partial charge in [0.25, 0.3) is 0 Å². The maximum atomic E-state index is 12.7. The van der Waals surface area contributed by atoms with Crippen molar-refractivity contribution in [3.63, 3.8) is 0 Å². The van der Waals surface area contributed by atoms with Gasteiger partial charge >= 0.3 is 6.18 Å². The number of amides is 1. The molecule has 3 rings (SSSR count). The Morgan fingerprint density at radius 1 is 1.07 bits per heavy atom. The first-order valence-corrected chi connectivity index (χ1v) is 9.98. The number of nitrogens with one attached hydrogen (secondary N) is 1. The minimum Gasteiger partial charge on any atom is -0.492 e. The van der Waals surface area contributed by atoms with Crippen molar-refractivity contribution in [2.24, 2.45) is 0 Å². The second-order valence-corrected chi connectivity index (χ2v) is 7.16. The van der Waals surface area contributed by atoms with Crippen molar-refractivity contribution in [3.8, 4) is 5.75 Å². The van der Waals surface area contributed by atoms with Gasteiger partial charge in [0.2, 0.25) is 5.91 Å². The molecule has 30 heavy (non-hydrogen) atoms. The molecule has 2 aromatic rings. The zero-order valence-electron chi connectivity index (χ0n) is 17.1. The topological polar surface area (TPSA) is 44.8 Å². The molecule has 1 aliphatic rings. The Bertz CT molecular complexity index is 847. The van der Waals surface area contributed by atoms with Crippen molar-refractivity contribution in [3.05, 3.63) is 54.1 Å². The van der Waals surface area contributed by atoms with Gasteiger partial charge in [-0.15, -0.1) is 0 Å². The van der Waals surface area contributed by atoms with E-state index in [1.807, 2.05) is 38.1 Å². The van der Waals surface area contributed by atoms with Crippen molar-refractivity contribution in [1.29, 1.82) is 0 Å². The van der Waals surface area contributed by atoms with Gasteiger partial charge in [-0.25, -0.2) is 0 Å². The van der Waals surface area contributed by atoms with Crippen LogP contribution >= 0.6 is 0 Å². The first-order chi connectivity index (χ1) is 14.3. The predicted molar refractivity (Wildman–Crippen MR) is 111 cm³/mol. The molecular weight excluding hydrogens is 395 g/mol. The summed E-state index contributed by atoms with van der Waals surface area (Å²) in [6.45, 7) is 7.25. The third-order valence-electron chi connectivity index (χ3n) is 5.23. The van der Waals surface area contributed by atoms with E-state index >= 15 is 0 Å². The highest BCUT2D eigenvalue weighted by Gasteiger charge is 2.30. The van der Waals surface area contributed by atoms with Gasteiger partial charge in [0.05, 0.1) is 23.9 Å². The summed E-state index contributed by atoms with van der Waals surface area (Å²) in [5.74, 6) is 0.611. The molecule has 1 fully saturated rings. The summed E-state index contributed by atoms with van der Waals surface area (Å²) in [7, 11) is 0. The summed E-state index contributed by atoms with van der Waals surface area (Å²) in [5.41, 5.74) is 0.655. The first kappa shape index (κ1) is 22.0. The van der Waals surface area contributed by atoms with Crippen molar-refractivity contribution in [2.75, 3.05) is 43.0 Å². The van der Waals surface area contributed by atoms with Crippen LogP contribution in [0.4, 0.5) is 24.5 Å². The molecule has 0 saturated carbocycles. The molecule has 2 aromatic carbocycles. The monoisotopic (exact) mass is 421 g/mol. The average molecular weight is 421 g/mol. The molecule has 1 saturated heterocycles. The molecule has 1 atom stereocenters. The van der Waals surface area contributed by atoms with E-state index in [0.717, 1.165) is 36.7 Å². The fourth-order valence-corrected chi connectivity index (χ4v) is 3.50. The zero-order valence-corrected chi connectivity index (χ0v) is 17.1. The van der Waals surface area contributed by atoms with Crippen LogP contribution in [-0.2, 0) is 11.0 Å². The van der Waals surface area contributed by atoms with Crippen LogP contribution < -0.4 is 15.0 Å². The number of benzene rings is 2. The van der Waals surface area contributed by atoms with Gasteiger partial charge in [0.15, 0.2) is 0 Å². The number of para-hydroxylation sites is 2. The molecule has 8 heteroatoms. The first-order valence-electron chi connectivity index (χ1n) is 9.98. The Morgan fingerprint density at radius 3 is 2.30 bits per heavy atom. The Hall–Kier alpha value is -2.74. The predicted octanol–water partition coefficient (Wildman–Crippen LogP) is 4.25. The zero-order chi connectivity index (χ0) is 21.7. The smallest absolute Gasteiger partial charge is 0.416 e. The van der Waals surface area contributed by atoms with Crippen molar-refractivity contribution in [2.45, 2.75) is 26.1 Å². The third-order valence-corrected chi connectivity index (χ3v) is 5.23. The van der Waals surface area contributed by atoms with Gasteiger partial charge in [-0.3, -0.25) is 9.69 Å². The summed E-state index contributed by atoms with van der Waals surface area (Å²) < 4.78 is 43.7. The fourth-order valence-electron chi connectivity index (χ4n) is 3.50. The van der Waals surface area contributed by atoms with Crippen molar-refractivity contribution < 1.29 is 22.7 Å². The number of nitrogens with zero attached hydrogens (tertiary/aromatic N) is 2. The Labute approximate surface area is 174 Å². The van der Waals surface area contributed by atoms with E-state index in [4.69, 9.17) is 4.74 Å². The molecule has 1 N–H and O–H groups in total. The number of alkyl halides is 3. The lowest BCUT2D eigenvalue weighted by molar-refractivity contribution is -0.137. The molecule has 1 heterocycles. The van der Waals surface area contributed by atoms with E-state index in [1.165, 1.54) is 12.1 Å². The van der Waals surface area contributed by atoms with Crippen molar-refractivity contribution >= 4 is 17.3 Å². The standard InChI is InChI=1S/C22H26F3N3O2/c1-3-30-20-7-5-4-6-19(20)28-14-12-27(13-15-28)16(2)21(29)26-18-10-8-17(9-11-18)22(23,24)25/h4-11,16H,3,12-15H2,1-2H3,(H,26,29)/t16-/m1/s1. The lowest BCUT2D eigenvalue weighted by Gasteiger charge is -2.39. The number of halogens is 3. The van der Waals surface area contributed by atoms with Crippen LogP contribution in [0.1, 0.15) is 19.4 Å². The average Bonchev–Trinajstić information content (AvgIpc) is 2.74. The maximum Gasteiger partial charge on any atom is 0.416 e. The minimum absolute atomic E-state index is 0.238. The van der Waals surface area contributed by atoms with Gasteiger partial charge in [0.1, 0.15) is 5.75 Å². The largest absolute Gasteiger partial charge is 0.492 e. The number of anilines is 2. The summed E-state index contributed by atoms with van der Waals surface area (Å²) in [6, 6.07) is 12.0. The SMILES string of the molecule is CCOc1ccccc1N1CCN([C@H](C)C(=O)Nc2ccc(C(F)(F)F)cc2)CC1. The molecule has 162 valence electrons. The van der Waals surface area contributed by atoms with Gasteiger partial charge in [0, 0.05) is 31.9 Å². The molecule has 0 aliphatic carbocycles. The number of hydrogen-bond donors (Lipinski definition) is 1. The van der Waals surface area contributed by atoms with E-state index in [9.17, 15) is 18.0 Å². The van der Waals surface area contributed by atoms with E-state index in [2.05, 4.69) is 15.1 Å². The van der Waals surface area contributed by atoms with Gasteiger partial charge < -0.3 is 15.0 Å². The van der Waals surface area contributed by atoms with E-state index < -0.39 is 17.8 Å². The van der Waals surface area contributed by atoms with Gasteiger partial charge in [-0.1, -0.05) is 12.1 Å². The van der Waals surface area contributed by atoms with Crippen LogP contribution in [0.5, 0.6) is 5.75 Å². The molecule has 0 bridgehead atoms. The van der Waals surface area contributed by atoms with Crippen LogP contribution in [0.3, 0.4) is 0 Å². The summed E-state index contributed by atoms with van der Waals surface area (Å²) in [4.78, 5) is 16.9. The minimum atomic E-state index is -4.39. The number of carbonyl (C=O) groups excluding carboxylic acids is 1. The number of ether oxygens (including phenoxy) is 1. The number of hydrogen-bond acceptors (Lipinski definition) is 4. The van der Waals surface area contributed by atoms with Crippen LogP contribution in [0.2, 0.25) is 0 Å². The third kappa shape index (κ3) is 5.24. The molecule has 1 aliphatic heterocycles. The normalized spacial score (nSPS) is 16.2.